The van der Waals surface area contributed by atoms with Crippen LogP contribution < -0.4 is 15.4 Å². The molecular formula is C30H22N4O11. The average Bonchev–Trinajstić information content (AvgIpc) is 3.02. The molecule has 4 aromatic rings. The van der Waals surface area contributed by atoms with Gasteiger partial charge in [-0.15, -0.1) is 0 Å². The molecule has 0 atom stereocenters. The molecule has 15 heteroatoms. The highest BCUT2D eigenvalue weighted by Crippen LogP contribution is 2.34. The topological polar surface area (TPSA) is 217 Å². The number of carboxylic acid groups (broad SMARTS) is 1. The van der Waals surface area contributed by atoms with Gasteiger partial charge in [-0.2, -0.15) is 0 Å². The van der Waals surface area contributed by atoms with Crippen LogP contribution in [0, 0.1) is 20.2 Å². The lowest BCUT2D eigenvalue weighted by molar-refractivity contribution is -0.385. The molecule has 4 aromatic carbocycles. The summed E-state index contributed by atoms with van der Waals surface area (Å²) in [4.78, 5) is 71.0. The van der Waals surface area contributed by atoms with Crippen molar-refractivity contribution in [1.29, 1.82) is 0 Å². The molecule has 0 saturated carbocycles. The molecule has 0 radical (unpaired) electrons. The molecule has 228 valence electrons. The third-order valence-electron chi connectivity index (χ3n) is 6.07. The number of benzene rings is 4. The Labute approximate surface area is 253 Å². The molecule has 0 aliphatic heterocycles. The zero-order chi connectivity index (χ0) is 32.7. The van der Waals surface area contributed by atoms with Gasteiger partial charge >= 0.3 is 11.9 Å². The summed E-state index contributed by atoms with van der Waals surface area (Å²) in [5.74, 6) is -3.85. The minimum Gasteiger partial charge on any atom is -0.478 e. The number of amides is 2. The summed E-state index contributed by atoms with van der Waals surface area (Å²) in [7, 11) is 0. The van der Waals surface area contributed by atoms with E-state index in [1.54, 1.807) is 6.92 Å². The van der Waals surface area contributed by atoms with E-state index >= 15 is 0 Å². The van der Waals surface area contributed by atoms with Crippen LogP contribution >= 0.6 is 0 Å². The van der Waals surface area contributed by atoms with E-state index in [4.69, 9.17) is 9.47 Å². The molecule has 0 aliphatic rings. The number of esters is 1. The molecule has 3 N–H and O–H groups in total. The van der Waals surface area contributed by atoms with Gasteiger partial charge in [0.1, 0.15) is 5.75 Å². The second-order valence-electron chi connectivity index (χ2n) is 9.07. The van der Waals surface area contributed by atoms with Gasteiger partial charge in [-0.05, 0) is 55.5 Å². The van der Waals surface area contributed by atoms with Gasteiger partial charge < -0.3 is 25.2 Å². The van der Waals surface area contributed by atoms with Crippen LogP contribution in [0.2, 0.25) is 0 Å². The van der Waals surface area contributed by atoms with Crippen LogP contribution in [0.15, 0.2) is 84.9 Å². The van der Waals surface area contributed by atoms with Crippen molar-refractivity contribution in [1.82, 2.24) is 0 Å². The van der Waals surface area contributed by atoms with Gasteiger partial charge in [-0.3, -0.25) is 29.8 Å². The zero-order valence-corrected chi connectivity index (χ0v) is 23.2. The van der Waals surface area contributed by atoms with E-state index in [0.29, 0.717) is 0 Å². The number of hydrogen-bond acceptors (Lipinski definition) is 10. The van der Waals surface area contributed by atoms with E-state index in [2.05, 4.69) is 10.6 Å². The first kappa shape index (κ1) is 31.3. The van der Waals surface area contributed by atoms with Crippen molar-refractivity contribution in [2.45, 2.75) is 6.92 Å². The van der Waals surface area contributed by atoms with E-state index in [1.807, 2.05) is 0 Å². The monoisotopic (exact) mass is 614 g/mol. The van der Waals surface area contributed by atoms with Crippen LogP contribution in [0.25, 0.3) is 0 Å². The number of hydrogen-bond donors (Lipinski definition) is 3. The number of carbonyl (C=O) groups excluding carboxylic acids is 3. The largest absolute Gasteiger partial charge is 0.478 e. The molecule has 0 aliphatic carbocycles. The van der Waals surface area contributed by atoms with Crippen LogP contribution in [0.1, 0.15) is 48.4 Å². The van der Waals surface area contributed by atoms with E-state index in [-0.39, 0.29) is 57.5 Å². The molecule has 15 nitrogen and oxygen atoms in total. The fourth-order valence-corrected chi connectivity index (χ4v) is 3.99. The summed E-state index contributed by atoms with van der Waals surface area (Å²) in [6, 6.07) is 17.5. The zero-order valence-electron chi connectivity index (χ0n) is 23.2. The van der Waals surface area contributed by atoms with Crippen molar-refractivity contribution < 1.29 is 43.6 Å². The second-order valence-corrected chi connectivity index (χ2v) is 9.07. The van der Waals surface area contributed by atoms with Crippen molar-refractivity contribution in [3.63, 3.8) is 0 Å². The van der Waals surface area contributed by atoms with Gasteiger partial charge in [0, 0.05) is 41.1 Å². The maximum atomic E-state index is 13.1. The lowest BCUT2D eigenvalue weighted by atomic mass is 10.1. The number of carbonyl (C=O) groups is 4. The Bertz CT molecular complexity index is 1860. The summed E-state index contributed by atoms with van der Waals surface area (Å²) < 4.78 is 10.8. The smallest absolute Gasteiger partial charge is 0.339 e. The highest BCUT2D eigenvalue weighted by Gasteiger charge is 2.21. The number of aromatic carboxylic acids is 1. The number of anilines is 2. The van der Waals surface area contributed by atoms with Gasteiger partial charge in [0.15, 0.2) is 5.75 Å². The first-order valence-corrected chi connectivity index (χ1v) is 12.9. The maximum Gasteiger partial charge on any atom is 0.339 e. The first-order valence-electron chi connectivity index (χ1n) is 12.9. The first-order chi connectivity index (χ1) is 21.5. The number of rotatable bonds is 11. The van der Waals surface area contributed by atoms with E-state index in [1.165, 1.54) is 66.7 Å². The van der Waals surface area contributed by atoms with Gasteiger partial charge in [0.25, 0.3) is 23.2 Å². The number of nitrogens with one attached hydrogen (secondary N) is 2. The fraction of sp³-hybridized carbons (Fsp3) is 0.0667. The molecular weight excluding hydrogens is 592 g/mol. The van der Waals surface area contributed by atoms with E-state index < -0.39 is 39.2 Å². The van der Waals surface area contributed by atoms with Gasteiger partial charge in [-0.25, -0.2) is 9.59 Å². The molecule has 0 spiro atoms. The van der Waals surface area contributed by atoms with Crippen molar-refractivity contribution in [2.24, 2.45) is 0 Å². The molecule has 45 heavy (non-hydrogen) atoms. The van der Waals surface area contributed by atoms with Crippen LogP contribution in [0.5, 0.6) is 11.5 Å². The highest BCUT2D eigenvalue weighted by molar-refractivity contribution is 6.07. The summed E-state index contributed by atoms with van der Waals surface area (Å²) in [6.45, 7) is 1.59. The Hall–Kier alpha value is -6.64. The molecule has 2 amide bonds. The summed E-state index contributed by atoms with van der Waals surface area (Å²) >= 11 is 0. The second kappa shape index (κ2) is 13.6. The Morgan fingerprint density at radius 2 is 1.36 bits per heavy atom. The fourth-order valence-electron chi connectivity index (χ4n) is 3.99. The van der Waals surface area contributed by atoms with Crippen molar-refractivity contribution in [3.05, 3.63) is 127 Å². The Balaban J connectivity index is 1.70. The highest BCUT2D eigenvalue weighted by atomic mass is 16.6. The molecule has 0 heterocycles. The lowest BCUT2D eigenvalue weighted by Gasteiger charge is -2.15. The van der Waals surface area contributed by atoms with Crippen molar-refractivity contribution >= 4 is 46.5 Å². The van der Waals surface area contributed by atoms with Crippen LogP contribution in [-0.2, 0) is 4.74 Å². The third kappa shape index (κ3) is 7.61. The SMILES string of the molecule is CCOC(=O)c1ccc(Oc2ccc(NC(=O)c3cccc([N+](=O)[O-])c3)cc2NC(=O)c2cccc([N+](=O)[O-])c2)cc1C(=O)O. The number of carboxylic acids is 1. The number of non-ortho nitro benzene ring substituents is 2. The van der Waals surface area contributed by atoms with E-state index in [0.717, 1.165) is 18.2 Å². The predicted octanol–water partition coefficient (Wildman–Crippen LogP) is 5.67. The van der Waals surface area contributed by atoms with Crippen molar-refractivity contribution in [3.8, 4) is 11.5 Å². The Morgan fingerprint density at radius 3 is 1.91 bits per heavy atom. The summed E-state index contributed by atoms with van der Waals surface area (Å²) in [5.41, 5.74) is -1.27. The third-order valence-corrected chi connectivity index (χ3v) is 6.07. The number of nitrogens with zero attached hydrogens (tertiary/aromatic N) is 2. The molecule has 0 saturated heterocycles. The van der Waals surface area contributed by atoms with Crippen LogP contribution in [-0.4, -0.2) is 45.3 Å². The predicted molar refractivity (Wildman–Crippen MR) is 158 cm³/mol. The van der Waals surface area contributed by atoms with Gasteiger partial charge in [-0.1, -0.05) is 12.1 Å². The maximum absolute atomic E-state index is 13.1. The van der Waals surface area contributed by atoms with E-state index in [9.17, 15) is 44.5 Å². The number of nitro groups is 2. The summed E-state index contributed by atoms with van der Waals surface area (Å²) in [6.07, 6.45) is 0. The van der Waals surface area contributed by atoms with Gasteiger partial charge in [0.2, 0.25) is 0 Å². The Kier molecular flexibility index (Phi) is 9.43. The molecule has 4 rings (SSSR count). The number of nitro benzene ring substituents is 2. The summed E-state index contributed by atoms with van der Waals surface area (Å²) in [5, 5.41) is 37.1. The normalized spacial score (nSPS) is 10.3. The minimum absolute atomic E-state index is 0.0189. The molecule has 0 unspecified atom stereocenters. The van der Waals surface area contributed by atoms with Crippen molar-refractivity contribution in [2.75, 3.05) is 17.2 Å². The van der Waals surface area contributed by atoms with Crippen LogP contribution in [0.3, 0.4) is 0 Å². The van der Waals surface area contributed by atoms with Crippen LogP contribution in [0.4, 0.5) is 22.7 Å². The molecule has 0 aromatic heterocycles. The minimum atomic E-state index is -1.43. The quantitative estimate of drug-likeness (QED) is 0.106. The Morgan fingerprint density at radius 1 is 0.756 bits per heavy atom. The molecule has 0 bridgehead atoms. The average molecular weight is 615 g/mol. The standard InChI is InChI=1S/C30H22N4O11/c1-2-44-30(39)23-11-10-22(16-24(23)29(37)38)45-26-12-9-19(31-27(35)17-5-3-7-20(13-17)33(40)41)15-25(26)32-28(36)18-6-4-8-21(14-18)34(42)43/h3-16H,2H2,1H3,(H,31,35)(H,32,36)(H,37,38). The molecule has 0 fully saturated rings. The van der Waals surface area contributed by atoms with Gasteiger partial charge in [0.05, 0.1) is 33.3 Å². The lowest BCUT2D eigenvalue weighted by Crippen LogP contribution is -2.15. The number of ether oxygens (including phenoxy) is 2.